The van der Waals surface area contributed by atoms with E-state index in [1.807, 2.05) is 31.2 Å². The molecule has 0 saturated carbocycles. The van der Waals surface area contributed by atoms with Gasteiger partial charge < -0.3 is 11.1 Å². The number of carbonyl (C=O) groups excluding carboxylic acids is 1. The smallest absolute Gasteiger partial charge is 0.276 e. The van der Waals surface area contributed by atoms with Crippen molar-refractivity contribution in [3.8, 4) is 0 Å². The average molecular weight is 309 g/mol. The summed E-state index contributed by atoms with van der Waals surface area (Å²) in [6.07, 6.45) is 1.48. The van der Waals surface area contributed by atoms with Gasteiger partial charge in [-0.05, 0) is 35.0 Å². The van der Waals surface area contributed by atoms with E-state index in [4.69, 9.17) is 5.73 Å². The van der Waals surface area contributed by atoms with Gasteiger partial charge in [-0.15, -0.1) is 0 Å². The van der Waals surface area contributed by atoms with Gasteiger partial charge >= 0.3 is 0 Å². The lowest BCUT2D eigenvalue weighted by Crippen LogP contribution is -2.19. The van der Waals surface area contributed by atoms with Gasteiger partial charge in [0.25, 0.3) is 5.91 Å². The van der Waals surface area contributed by atoms with Gasteiger partial charge in [-0.25, -0.2) is 0 Å². The number of carbonyl (C=O) groups is 1. The van der Waals surface area contributed by atoms with E-state index in [9.17, 15) is 4.79 Å². The number of amides is 1. The highest BCUT2D eigenvalue weighted by Gasteiger charge is 2.16. The van der Waals surface area contributed by atoms with Crippen molar-refractivity contribution in [3.05, 3.63) is 40.6 Å². The molecule has 0 aliphatic rings. The monoisotopic (exact) mass is 308 g/mol. The van der Waals surface area contributed by atoms with E-state index < -0.39 is 0 Å². The Hall–Kier alpha value is -1.82. The molecule has 0 bridgehead atoms. The Balaban J connectivity index is 2.28. The Morgan fingerprint density at radius 1 is 1.50 bits per heavy atom. The van der Waals surface area contributed by atoms with Crippen LogP contribution in [0, 0.1) is 0 Å². The molecule has 0 saturated heterocycles. The topological polar surface area (TPSA) is 72.9 Å². The summed E-state index contributed by atoms with van der Waals surface area (Å²) in [4.78, 5) is 12.2. The van der Waals surface area contributed by atoms with E-state index in [1.54, 1.807) is 4.68 Å². The summed E-state index contributed by atoms with van der Waals surface area (Å²) in [6.45, 7) is 2.50. The van der Waals surface area contributed by atoms with Crippen LogP contribution in [0.5, 0.6) is 0 Å². The first-order valence-electron chi connectivity index (χ1n) is 5.50. The number of halogens is 1. The number of anilines is 2. The van der Waals surface area contributed by atoms with Gasteiger partial charge in [-0.2, -0.15) is 5.10 Å². The second kappa shape index (κ2) is 5.22. The Morgan fingerprint density at radius 2 is 2.22 bits per heavy atom. The number of nitrogens with one attached hydrogen (secondary N) is 1. The first-order valence-corrected chi connectivity index (χ1v) is 6.30. The summed E-state index contributed by atoms with van der Waals surface area (Å²) in [5.74, 6) is -0.265. The molecule has 94 valence electrons. The van der Waals surface area contributed by atoms with E-state index in [2.05, 4.69) is 26.3 Å². The molecule has 0 radical (unpaired) electrons. The highest BCUT2D eigenvalue weighted by molar-refractivity contribution is 9.10. The molecular formula is C12H13BrN4O. The fraction of sp³-hybridized carbons (Fsp3) is 0.167. The Morgan fingerprint density at radius 3 is 2.89 bits per heavy atom. The van der Waals surface area contributed by atoms with Crippen molar-refractivity contribution in [3.63, 3.8) is 0 Å². The summed E-state index contributed by atoms with van der Waals surface area (Å²) in [5, 5.41) is 6.84. The van der Waals surface area contributed by atoms with Crippen molar-refractivity contribution in [1.29, 1.82) is 0 Å². The molecule has 0 aliphatic carbocycles. The molecule has 1 amide bonds. The van der Waals surface area contributed by atoms with Crippen LogP contribution < -0.4 is 11.1 Å². The fourth-order valence-electron chi connectivity index (χ4n) is 1.63. The summed E-state index contributed by atoms with van der Waals surface area (Å²) in [7, 11) is 0. The summed E-state index contributed by atoms with van der Waals surface area (Å²) in [5.41, 5.74) is 7.21. The quantitative estimate of drug-likeness (QED) is 0.915. The van der Waals surface area contributed by atoms with Crippen LogP contribution in [0.25, 0.3) is 0 Å². The fourth-order valence-corrected chi connectivity index (χ4v) is 2.02. The van der Waals surface area contributed by atoms with Crippen LogP contribution in [0.1, 0.15) is 17.4 Å². The zero-order valence-corrected chi connectivity index (χ0v) is 11.4. The highest BCUT2D eigenvalue weighted by atomic mass is 79.9. The number of nitrogen functional groups attached to an aromatic ring is 1. The molecule has 0 spiro atoms. The van der Waals surface area contributed by atoms with Crippen LogP contribution in [0.2, 0.25) is 0 Å². The number of rotatable bonds is 3. The molecule has 18 heavy (non-hydrogen) atoms. The van der Waals surface area contributed by atoms with E-state index in [0.717, 1.165) is 4.47 Å². The summed E-state index contributed by atoms with van der Waals surface area (Å²) < 4.78 is 2.39. The summed E-state index contributed by atoms with van der Waals surface area (Å²) in [6, 6.07) is 7.40. The predicted octanol–water partition coefficient (Wildman–Crippen LogP) is 2.50. The molecule has 1 heterocycles. The van der Waals surface area contributed by atoms with Gasteiger partial charge in [-0.1, -0.05) is 12.1 Å². The van der Waals surface area contributed by atoms with Crippen molar-refractivity contribution >= 4 is 33.2 Å². The van der Waals surface area contributed by atoms with Crippen molar-refractivity contribution in [1.82, 2.24) is 9.78 Å². The second-order valence-corrected chi connectivity index (χ2v) is 4.55. The first-order chi connectivity index (χ1) is 8.63. The van der Waals surface area contributed by atoms with Crippen LogP contribution in [-0.4, -0.2) is 15.7 Å². The Kier molecular flexibility index (Phi) is 3.66. The third kappa shape index (κ3) is 2.38. The van der Waals surface area contributed by atoms with Gasteiger partial charge in [0, 0.05) is 11.0 Å². The largest absolute Gasteiger partial charge is 0.396 e. The van der Waals surface area contributed by atoms with Crippen molar-refractivity contribution < 1.29 is 4.79 Å². The van der Waals surface area contributed by atoms with Crippen molar-refractivity contribution in [2.24, 2.45) is 0 Å². The summed E-state index contributed by atoms with van der Waals surface area (Å²) >= 11 is 3.37. The maximum Gasteiger partial charge on any atom is 0.276 e. The number of aryl methyl sites for hydroxylation is 1. The first kappa shape index (κ1) is 12.6. The zero-order chi connectivity index (χ0) is 13.1. The molecule has 2 rings (SSSR count). The van der Waals surface area contributed by atoms with Crippen LogP contribution >= 0.6 is 15.9 Å². The van der Waals surface area contributed by atoms with Gasteiger partial charge in [0.05, 0.1) is 17.6 Å². The molecule has 0 atom stereocenters. The van der Waals surface area contributed by atoms with E-state index in [0.29, 0.717) is 23.6 Å². The van der Waals surface area contributed by atoms with Crippen molar-refractivity contribution in [2.75, 3.05) is 11.1 Å². The van der Waals surface area contributed by atoms with Crippen LogP contribution in [0.15, 0.2) is 34.9 Å². The van der Waals surface area contributed by atoms with E-state index in [1.165, 1.54) is 6.20 Å². The van der Waals surface area contributed by atoms with Gasteiger partial charge in [0.2, 0.25) is 0 Å². The third-order valence-electron chi connectivity index (χ3n) is 2.50. The molecule has 1 aromatic carbocycles. The number of para-hydroxylation sites is 1. The molecule has 0 fully saturated rings. The highest BCUT2D eigenvalue weighted by Crippen LogP contribution is 2.22. The molecule has 3 N–H and O–H groups in total. The lowest BCUT2D eigenvalue weighted by Gasteiger charge is -2.09. The minimum atomic E-state index is -0.265. The second-order valence-electron chi connectivity index (χ2n) is 3.70. The van der Waals surface area contributed by atoms with Gasteiger partial charge in [-0.3, -0.25) is 9.48 Å². The van der Waals surface area contributed by atoms with Crippen LogP contribution in [0.4, 0.5) is 11.4 Å². The normalized spacial score (nSPS) is 10.3. The van der Waals surface area contributed by atoms with Gasteiger partial charge in [0.1, 0.15) is 5.69 Å². The Labute approximate surface area is 113 Å². The minimum Gasteiger partial charge on any atom is -0.396 e. The molecular weight excluding hydrogens is 296 g/mol. The standard InChI is InChI=1S/C12H13BrN4O/c1-2-17-11(9(14)7-15-17)12(18)16-10-6-4-3-5-8(10)13/h3-7H,2,14H2,1H3,(H,16,18). The lowest BCUT2D eigenvalue weighted by atomic mass is 10.3. The molecule has 2 aromatic rings. The van der Waals surface area contributed by atoms with Gasteiger partial charge in [0.15, 0.2) is 0 Å². The van der Waals surface area contributed by atoms with Crippen LogP contribution in [-0.2, 0) is 6.54 Å². The average Bonchev–Trinajstić information content (AvgIpc) is 2.73. The number of hydrogen-bond acceptors (Lipinski definition) is 3. The molecule has 0 aliphatic heterocycles. The molecule has 5 nitrogen and oxygen atoms in total. The number of nitrogens with zero attached hydrogens (tertiary/aromatic N) is 2. The molecule has 1 aromatic heterocycles. The number of benzene rings is 1. The van der Waals surface area contributed by atoms with E-state index >= 15 is 0 Å². The lowest BCUT2D eigenvalue weighted by molar-refractivity contribution is 0.101. The number of hydrogen-bond donors (Lipinski definition) is 2. The number of aromatic nitrogens is 2. The SMILES string of the molecule is CCn1ncc(N)c1C(=O)Nc1ccccc1Br. The minimum absolute atomic E-state index is 0.265. The van der Waals surface area contributed by atoms with E-state index in [-0.39, 0.29) is 5.91 Å². The zero-order valence-electron chi connectivity index (χ0n) is 9.85. The maximum atomic E-state index is 12.2. The maximum absolute atomic E-state index is 12.2. The van der Waals surface area contributed by atoms with Crippen LogP contribution in [0.3, 0.4) is 0 Å². The molecule has 6 heteroatoms. The predicted molar refractivity (Wildman–Crippen MR) is 74.4 cm³/mol. The third-order valence-corrected chi connectivity index (χ3v) is 3.20. The Bertz CT molecular complexity index is 579. The van der Waals surface area contributed by atoms with Crippen molar-refractivity contribution in [2.45, 2.75) is 13.5 Å². The molecule has 0 unspecified atom stereocenters. The number of nitrogens with two attached hydrogens (primary N) is 1.